The van der Waals surface area contributed by atoms with Crippen molar-refractivity contribution in [2.75, 3.05) is 19.7 Å². The highest BCUT2D eigenvalue weighted by molar-refractivity contribution is 5.82. The molecule has 1 atom stereocenters. The minimum Gasteiger partial charge on any atom is -0.485 e. The molecular formula is C23H27N5O3. The normalized spacial score (nSPS) is 19.6. The zero-order valence-corrected chi connectivity index (χ0v) is 18.1. The highest BCUT2D eigenvalue weighted by Crippen LogP contribution is 2.33. The summed E-state index contributed by atoms with van der Waals surface area (Å²) in [5.74, 6) is 2.38. The second-order valence-electron chi connectivity index (χ2n) is 9.26. The number of nitrogens with zero attached hydrogens (tertiary/aromatic N) is 5. The van der Waals surface area contributed by atoms with Gasteiger partial charge in [-0.15, -0.1) is 10.2 Å². The van der Waals surface area contributed by atoms with Crippen molar-refractivity contribution in [3.63, 3.8) is 0 Å². The lowest BCUT2D eigenvalue weighted by Crippen LogP contribution is -2.48. The van der Waals surface area contributed by atoms with Gasteiger partial charge < -0.3 is 14.4 Å². The molecule has 1 saturated heterocycles. The Morgan fingerprint density at radius 2 is 1.77 bits per heavy atom. The number of amides is 1. The maximum atomic E-state index is 13.0. The van der Waals surface area contributed by atoms with Gasteiger partial charge in [0.05, 0.1) is 5.69 Å². The monoisotopic (exact) mass is 421 g/mol. The molecule has 1 fully saturated rings. The number of ether oxygens (including phenoxy) is 2. The zero-order chi connectivity index (χ0) is 21.6. The molecule has 1 amide bonds. The molecule has 5 rings (SSSR count). The summed E-state index contributed by atoms with van der Waals surface area (Å²) in [4.78, 5) is 14.9. The van der Waals surface area contributed by atoms with Crippen LogP contribution in [0.25, 0.3) is 5.65 Å². The first kappa shape index (κ1) is 19.8. The maximum absolute atomic E-state index is 13.0. The van der Waals surface area contributed by atoms with Crippen LogP contribution in [0.1, 0.15) is 51.0 Å². The number of benzene rings is 1. The van der Waals surface area contributed by atoms with Crippen molar-refractivity contribution in [3.05, 3.63) is 47.9 Å². The van der Waals surface area contributed by atoms with Gasteiger partial charge in [-0.1, -0.05) is 32.9 Å². The van der Waals surface area contributed by atoms with Crippen LogP contribution in [-0.2, 0) is 10.2 Å². The van der Waals surface area contributed by atoms with E-state index in [1.54, 1.807) is 0 Å². The predicted octanol–water partition coefficient (Wildman–Crippen LogP) is 2.97. The average Bonchev–Trinajstić information content (AvgIpc) is 3.21. The first-order valence-corrected chi connectivity index (χ1v) is 10.8. The van der Waals surface area contributed by atoms with Gasteiger partial charge in [0.25, 0.3) is 5.91 Å². The third-order valence-electron chi connectivity index (χ3n) is 6.01. The molecule has 2 aliphatic heterocycles. The zero-order valence-electron chi connectivity index (χ0n) is 18.1. The van der Waals surface area contributed by atoms with E-state index in [0.29, 0.717) is 24.6 Å². The van der Waals surface area contributed by atoms with Crippen LogP contribution in [0.15, 0.2) is 36.4 Å². The molecule has 2 aromatic heterocycles. The van der Waals surface area contributed by atoms with Crippen molar-refractivity contribution in [1.29, 1.82) is 0 Å². The van der Waals surface area contributed by atoms with Crippen LogP contribution < -0.4 is 9.47 Å². The van der Waals surface area contributed by atoms with Gasteiger partial charge in [0.2, 0.25) is 6.10 Å². The Morgan fingerprint density at radius 1 is 1.03 bits per heavy atom. The minimum absolute atomic E-state index is 0.0211. The summed E-state index contributed by atoms with van der Waals surface area (Å²) in [6.45, 7) is 7.97. The van der Waals surface area contributed by atoms with Crippen LogP contribution in [0.4, 0.5) is 0 Å². The number of para-hydroxylation sites is 2. The van der Waals surface area contributed by atoms with Gasteiger partial charge in [-0.25, -0.2) is 0 Å². The molecule has 0 aliphatic carbocycles. The summed E-state index contributed by atoms with van der Waals surface area (Å²) >= 11 is 0. The van der Waals surface area contributed by atoms with Crippen molar-refractivity contribution < 1.29 is 14.3 Å². The number of carbonyl (C=O) groups is 1. The second kappa shape index (κ2) is 7.51. The van der Waals surface area contributed by atoms with Crippen LogP contribution in [0.5, 0.6) is 11.5 Å². The fourth-order valence-corrected chi connectivity index (χ4v) is 4.16. The smallest absolute Gasteiger partial charge is 0.267 e. The van der Waals surface area contributed by atoms with E-state index in [-0.39, 0.29) is 23.8 Å². The van der Waals surface area contributed by atoms with E-state index >= 15 is 0 Å². The average molecular weight is 422 g/mol. The maximum Gasteiger partial charge on any atom is 0.267 e. The molecule has 8 nitrogen and oxygen atoms in total. The van der Waals surface area contributed by atoms with Crippen molar-refractivity contribution in [2.45, 2.75) is 51.0 Å². The molecule has 2 aliphatic rings. The Kier molecular flexibility index (Phi) is 4.79. The van der Waals surface area contributed by atoms with Crippen molar-refractivity contribution in [3.8, 4) is 11.5 Å². The Labute approximate surface area is 181 Å². The summed E-state index contributed by atoms with van der Waals surface area (Å²) in [5, 5.41) is 13.5. The number of piperidine rings is 1. The predicted molar refractivity (Wildman–Crippen MR) is 114 cm³/mol. The van der Waals surface area contributed by atoms with E-state index in [1.807, 2.05) is 45.8 Å². The highest BCUT2D eigenvalue weighted by atomic mass is 16.6. The molecule has 0 bridgehead atoms. The summed E-state index contributed by atoms with van der Waals surface area (Å²) in [6.07, 6.45) is 1.03. The van der Waals surface area contributed by atoms with E-state index in [1.165, 1.54) is 0 Å². The topological polar surface area (TPSA) is 81.9 Å². The molecule has 31 heavy (non-hydrogen) atoms. The molecule has 0 spiro atoms. The van der Waals surface area contributed by atoms with Crippen molar-refractivity contribution in [2.24, 2.45) is 0 Å². The third-order valence-corrected chi connectivity index (χ3v) is 6.01. The number of hydrogen-bond acceptors (Lipinski definition) is 6. The molecule has 0 N–H and O–H groups in total. The molecule has 1 aromatic carbocycles. The van der Waals surface area contributed by atoms with Crippen LogP contribution in [0.3, 0.4) is 0 Å². The second-order valence-corrected chi connectivity index (χ2v) is 9.26. The van der Waals surface area contributed by atoms with Gasteiger partial charge in [-0.05, 0) is 37.1 Å². The van der Waals surface area contributed by atoms with E-state index in [0.717, 1.165) is 30.0 Å². The first-order valence-electron chi connectivity index (χ1n) is 10.8. The summed E-state index contributed by atoms with van der Waals surface area (Å²) in [7, 11) is 0. The fourth-order valence-electron chi connectivity index (χ4n) is 4.16. The summed E-state index contributed by atoms with van der Waals surface area (Å²) in [5.41, 5.74) is 1.71. The molecule has 1 unspecified atom stereocenters. The van der Waals surface area contributed by atoms with E-state index in [9.17, 15) is 4.79 Å². The molecule has 3 aromatic rings. The highest BCUT2D eigenvalue weighted by Gasteiger charge is 2.34. The lowest BCUT2D eigenvalue weighted by Gasteiger charge is -2.34. The van der Waals surface area contributed by atoms with Crippen LogP contribution in [-0.4, -0.2) is 56.4 Å². The Morgan fingerprint density at radius 3 is 2.52 bits per heavy atom. The molecule has 8 heteroatoms. The van der Waals surface area contributed by atoms with Crippen molar-refractivity contribution in [1.82, 2.24) is 24.7 Å². The van der Waals surface area contributed by atoms with Crippen molar-refractivity contribution >= 4 is 11.6 Å². The number of aromatic nitrogens is 4. The number of hydrogen-bond donors (Lipinski definition) is 0. The first-order chi connectivity index (χ1) is 14.9. The number of likely N-dealkylation sites (tertiary alicyclic amines) is 1. The van der Waals surface area contributed by atoms with E-state index in [4.69, 9.17) is 14.6 Å². The van der Waals surface area contributed by atoms with E-state index < -0.39 is 6.10 Å². The van der Waals surface area contributed by atoms with Gasteiger partial charge >= 0.3 is 0 Å². The SMILES string of the molecule is CC(C)(C)c1ccc2nnc(C3CCN(C(=O)C4COc5ccccc5O4)CC3)n2n1. The van der Waals surface area contributed by atoms with Crippen LogP contribution in [0, 0.1) is 0 Å². The van der Waals surface area contributed by atoms with Crippen LogP contribution >= 0.6 is 0 Å². The molecular weight excluding hydrogens is 394 g/mol. The Balaban J connectivity index is 1.27. The molecule has 0 saturated carbocycles. The summed E-state index contributed by atoms with van der Waals surface area (Å²) < 4.78 is 13.5. The van der Waals surface area contributed by atoms with Gasteiger partial charge in [0.1, 0.15) is 6.61 Å². The minimum atomic E-state index is -0.601. The lowest BCUT2D eigenvalue weighted by molar-refractivity contribution is -0.142. The Hall–Kier alpha value is -3.16. The largest absolute Gasteiger partial charge is 0.485 e. The Bertz CT molecular complexity index is 1110. The number of fused-ring (bicyclic) bond motifs is 2. The fraction of sp³-hybridized carbons (Fsp3) is 0.478. The standard InChI is InChI=1S/C23H27N5O3/c1-23(2,3)19-8-9-20-24-25-21(28(20)26-19)15-10-12-27(13-11-15)22(29)18-14-30-16-6-4-5-7-17(16)31-18/h4-9,15,18H,10-14H2,1-3H3. The molecule has 0 radical (unpaired) electrons. The number of carbonyl (C=O) groups excluding carboxylic acids is 1. The quantitative estimate of drug-likeness (QED) is 0.633. The van der Waals surface area contributed by atoms with Crippen LogP contribution in [0.2, 0.25) is 0 Å². The van der Waals surface area contributed by atoms with Gasteiger partial charge in [0, 0.05) is 24.4 Å². The molecule has 162 valence electrons. The van der Waals surface area contributed by atoms with E-state index in [2.05, 4.69) is 31.0 Å². The molecule has 4 heterocycles. The number of rotatable bonds is 2. The van der Waals surface area contributed by atoms with Gasteiger partial charge in [-0.2, -0.15) is 9.61 Å². The third kappa shape index (κ3) is 3.71. The van der Waals surface area contributed by atoms with Gasteiger partial charge in [-0.3, -0.25) is 4.79 Å². The lowest BCUT2D eigenvalue weighted by atomic mass is 9.92. The van der Waals surface area contributed by atoms with Gasteiger partial charge in [0.15, 0.2) is 23.0 Å². The summed E-state index contributed by atoms with van der Waals surface area (Å²) in [6, 6.07) is 11.4.